The van der Waals surface area contributed by atoms with Crippen LogP contribution >= 0.6 is 15.9 Å². The summed E-state index contributed by atoms with van der Waals surface area (Å²) in [6.07, 6.45) is 1.24. The van der Waals surface area contributed by atoms with Gasteiger partial charge in [0.25, 0.3) is 5.91 Å². The molecule has 4 heterocycles. The standard InChI is InChI=1S/C28H26BrFN8O4/c1-15(39)26-20-11-18(19-12-31-16(2)32-13-19)7-8-21(20)38(36-26)14-25(41)37-10-9-22(30)28(37,35-17(3)40)27(42)34-24-6-4-5-23(29)33-24/h4-8,11-13,22H,9-10,14H2,1-3H3,(H,35,40)(H,33,34,42). The molecule has 0 saturated carbocycles. The van der Waals surface area contributed by atoms with Crippen molar-refractivity contribution in [2.45, 2.75) is 45.6 Å². The number of aromatic nitrogens is 5. The third kappa shape index (κ3) is 5.36. The van der Waals surface area contributed by atoms with Gasteiger partial charge >= 0.3 is 0 Å². The summed E-state index contributed by atoms with van der Waals surface area (Å²) in [5.74, 6) is -1.94. The number of carbonyl (C=O) groups excluding carboxylic acids is 4. The van der Waals surface area contributed by atoms with Crippen molar-refractivity contribution in [3.63, 3.8) is 0 Å². The molecule has 0 spiro atoms. The first kappa shape index (κ1) is 28.9. The fraction of sp³-hybridized carbons (Fsp3) is 0.286. The Morgan fingerprint density at radius 3 is 2.50 bits per heavy atom. The van der Waals surface area contributed by atoms with Crippen molar-refractivity contribution in [3.8, 4) is 11.1 Å². The van der Waals surface area contributed by atoms with Crippen LogP contribution in [0.3, 0.4) is 0 Å². The van der Waals surface area contributed by atoms with E-state index in [0.29, 0.717) is 21.3 Å². The third-order valence-corrected chi connectivity index (χ3v) is 7.38. The molecular formula is C28H26BrFN8O4. The second-order valence-electron chi connectivity index (χ2n) is 9.86. The number of benzene rings is 1. The maximum atomic E-state index is 15.6. The number of rotatable bonds is 7. The number of anilines is 1. The average Bonchev–Trinajstić information content (AvgIpc) is 3.46. The largest absolute Gasteiger partial charge is 0.323 e. The van der Waals surface area contributed by atoms with Gasteiger partial charge in [-0.1, -0.05) is 12.1 Å². The molecule has 42 heavy (non-hydrogen) atoms. The molecule has 0 bridgehead atoms. The van der Waals surface area contributed by atoms with E-state index in [0.717, 1.165) is 23.0 Å². The van der Waals surface area contributed by atoms with E-state index in [4.69, 9.17) is 0 Å². The lowest BCUT2D eigenvalue weighted by Gasteiger charge is -2.38. The molecule has 1 fully saturated rings. The van der Waals surface area contributed by atoms with Crippen LogP contribution in [-0.4, -0.2) is 71.5 Å². The molecular weight excluding hydrogens is 611 g/mol. The van der Waals surface area contributed by atoms with E-state index in [-0.39, 0.29) is 30.3 Å². The summed E-state index contributed by atoms with van der Waals surface area (Å²) < 4.78 is 17.4. The molecule has 2 N–H and O–H groups in total. The molecule has 3 aromatic heterocycles. The monoisotopic (exact) mass is 636 g/mol. The quantitative estimate of drug-likeness (QED) is 0.232. The maximum Gasteiger partial charge on any atom is 0.275 e. The number of nitrogens with one attached hydrogen (secondary N) is 2. The Hall–Kier alpha value is -4.59. The molecule has 1 saturated heterocycles. The summed E-state index contributed by atoms with van der Waals surface area (Å²) in [4.78, 5) is 65.6. The number of ketones is 1. The van der Waals surface area contributed by atoms with E-state index in [1.54, 1.807) is 49.6 Å². The topological polar surface area (TPSA) is 152 Å². The van der Waals surface area contributed by atoms with Gasteiger partial charge in [-0.15, -0.1) is 0 Å². The molecule has 2 unspecified atom stereocenters. The number of fused-ring (bicyclic) bond motifs is 1. The Morgan fingerprint density at radius 1 is 1.10 bits per heavy atom. The van der Waals surface area contributed by atoms with Crippen molar-refractivity contribution in [2.75, 3.05) is 11.9 Å². The molecule has 14 heteroatoms. The number of halogens is 2. The predicted octanol–water partition coefficient (Wildman–Crippen LogP) is 3.20. The molecule has 1 aliphatic heterocycles. The van der Waals surface area contributed by atoms with Gasteiger partial charge in [-0.25, -0.2) is 19.3 Å². The first-order chi connectivity index (χ1) is 20.0. The highest BCUT2D eigenvalue weighted by Gasteiger charge is 2.58. The number of nitrogens with zero attached hydrogens (tertiary/aromatic N) is 6. The van der Waals surface area contributed by atoms with Gasteiger partial charge in [-0.2, -0.15) is 5.10 Å². The zero-order valence-electron chi connectivity index (χ0n) is 22.9. The van der Waals surface area contributed by atoms with Crippen LogP contribution < -0.4 is 10.6 Å². The normalized spacial score (nSPS) is 18.2. The van der Waals surface area contributed by atoms with Crippen molar-refractivity contribution in [2.24, 2.45) is 0 Å². The summed E-state index contributed by atoms with van der Waals surface area (Å²) in [7, 11) is 0. The second-order valence-corrected chi connectivity index (χ2v) is 10.7. The zero-order valence-corrected chi connectivity index (χ0v) is 24.5. The summed E-state index contributed by atoms with van der Waals surface area (Å²) in [5.41, 5.74) is -0.216. The number of aryl methyl sites for hydroxylation is 1. The molecule has 3 amide bonds. The minimum atomic E-state index is -2.32. The van der Waals surface area contributed by atoms with Crippen molar-refractivity contribution in [3.05, 3.63) is 64.9 Å². The van der Waals surface area contributed by atoms with Crippen LogP contribution in [0.15, 0.2) is 53.4 Å². The highest BCUT2D eigenvalue weighted by molar-refractivity contribution is 9.10. The van der Waals surface area contributed by atoms with E-state index < -0.39 is 36.1 Å². The van der Waals surface area contributed by atoms with Gasteiger partial charge in [-0.05, 0) is 52.7 Å². The number of likely N-dealkylation sites (tertiary alicyclic amines) is 1. The Labute approximate surface area is 247 Å². The van der Waals surface area contributed by atoms with E-state index in [1.165, 1.54) is 17.7 Å². The van der Waals surface area contributed by atoms with E-state index in [1.807, 2.05) is 0 Å². The lowest BCUT2D eigenvalue weighted by atomic mass is 10.0. The van der Waals surface area contributed by atoms with Crippen LogP contribution in [0.1, 0.15) is 36.6 Å². The summed E-state index contributed by atoms with van der Waals surface area (Å²) >= 11 is 3.21. The zero-order chi connectivity index (χ0) is 30.2. The van der Waals surface area contributed by atoms with Crippen molar-refractivity contribution in [1.29, 1.82) is 0 Å². The number of hydrogen-bond acceptors (Lipinski definition) is 8. The molecule has 0 aliphatic carbocycles. The van der Waals surface area contributed by atoms with Gasteiger partial charge < -0.3 is 15.5 Å². The minimum Gasteiger partial charge on any atom is -0.323 e. The molecule has 5 rings (SSSR count). The third-order valence-electron chi connectivity index (χ3n) is 6.94. The highest BCUT2D eigenvalue weighted by atomic mass is 79.9. The van der Waals surface area contributed by atoms with Crippen LogP contribution in [0.4, 0.5) is 10.2 Å². The summed E-state index contributed by atoms with van der Waals surface area (Å²) in [5, 5.41) is 9.80. The number of alkyl halides is 1. The number of carbonyl (C=O) groups is 4. The first-order valence-corrected chi connectivity index (χ1v) is 13.8. The van der Waals surface area contributed by atoms with Crippen LogP contribution in [-0.2, 0) is 20.9 Å². The number of amides is 3. The molecule has 1 aliphatic rings. The maximum absolute atomic E-state index is 15.6. The van der Waals surface area contributed by atoms with Gasteiger partial charge in [0.05, 0.1) is 5.52 Å². The smallest absolute Gasteiger partial charge is 0.275 e. The van der Waals surface area contributed by atoms with E-state index in [2.05, 4.69) is 46.6 Å². The van der Waals surface area contributed by atoms with Gasteiger partial charge in [0.15, 0.2) is 12.0 Å². The molecule has 4 aromatic rings. The SMILES string of the molecule is CC(=O)NC1(C(=O)Nc2cccc(Br)n2)C(F)CCN1C(=O)Cn1nc(C(C)=O)c2cc(-c3cnc(C)nc3)ccc21. The highest BCUT2D eigenvalue weighted by Crippen LogP contribution is 2.33. The fourth-order valence-electron chi connectivity index (χ4n) is 5.04. The summed E-state index contributed by atoms with van der Waals surface area (Å²) in [6, 6.07) is 10.0. The number of pyridine rings is 1. The van der Waals surface area contributed by atoms with Gasteiger partial charge in [-0.3, -0.25) is 23.9 Å². The molecule has 2 atom stereocenters. The van der Waals surface area contributed by atoms with Gasteiger partial charge in [0.1, 0.15) is 28.5 Å². The Bertz CT molecular complexity index is 1730. The van der Waals surface area contributed by atoms with Gasteiger partial charge in [0.2, 0.25) is 17.5 Å². The van der Waals surface area contributed by atoms with Crippen molar-refractivity contribution < 1.29 is 23.6 Å². The van der Waals surface area contributed by atoms with E-state index >= 15 is 4.39 Å². The molecule has 1 aromatic carbocycles. The Morgan fingerprint density at radius 2 is 1.83 bits per heavy atom. The summed E-state index contributed by atoms with van der Waals surface area (Å²) in [6.45, 7) is 3.71. The van der Waals surface area contributed by atoms with Crippen LogP contribution in [0.5, 0.6) is 0 Å². The van der Waals surface area contributed by atoms with Crippen LogP contribution in [0, 0.1) is 6.92 Å². The first-order valence-electron chi connectivity index (χ1n) is 13.0. The van der Waals surface area contributed by atoms with E-state index in [9.17, 15) is 19.2 Å². The number of hydrogen-bond donors (Lipinski definition) is 2. The Balaban J connectivity index is 1.50. The molecule has 0 radical (unpaired) electrons. The average molecular weight is 637 g/mol. The van der Waals surface area contributed by atoms with Crippen molar-refractivity contribution in [1.82, 2.24) is 34.9 Å². The van der Waals surface area contributed by atoms with Crippen LogP contribution in [0.25, 0.3) is 22.0 Å². The van der Waals surface area contributed by atoms with Crippen molar-refractivity contribution >= 4 is 56.2 Å². The lowest BCUT2D eigenvalue weighted by Crippen LogP contribution is -2.69. The van der Waals surface area contributed by atoms with Gasteiger partial charge in [0, 0.05) is 50.2 Å². The Kier molecular flexibility index (Phi) is 7.82. The number of Topliss-reactive ketones (excluding diaryl/α,β-unsaturated/α-hetero) is 1. The second kappa shape index (κ2) is 11.4. The fourth-order valence-corrected chi connectivity index (χ4v) is 5.38. The lowest BCUT2D eigenvalue weighted by molar-refractivity contribution is -0.150. The minimum absolute atomic E-state index is 0.101. The molecule has 12 nitrogen and oxygen atoms in total. The molecule has 216 valence electrons. The van der Waals surface area contributed by atoms with Crippen LogP contribution in [0.2, 0.25) is 0 Å². The predicted molar refractivity (Wildman–Crippen MR) is 154 cm³/mol.